The molecule has 8 nitrogen and oxygen atoms in total. The van der Waals surface area contributed by atoms with Crippen molar-refractivity contribution in [2.24, 2.45) is 0 Å². The van der Waals surface area contributed by atoms with Gasteiger partial charge >= 0.3 is 11.9 Å². The Morgan fingerprint density at radius 1 is 1.20 bits per heavy atom. The van der Waals surface area contributed by atoms with E-state index in [-0.39, 0.29) is 28.7 Å². The monoisotopic (exact) mass is 408 g/mol. The number of hydrogen-bond donors (Lipinski definition) is 3. The molecule has 2 amide bonds. The zero-order chi connectivity index (χ0) is 18.8. The van der Waals surface area contributed by atoms with Crippen LogP contribution in [0.2, 0.25) is 0 Å². The second kappa shape index (κ2) is 8.09. The number of nitrogens with zero attached hydrogens (tertiary/aromatic N) is 1. The van der Waals surface area contributed by atoms with Gasteiger partial charge in [0.05, 0.1) is 11.5 Å². The number of nitrogens with one attached hydrogen (secondary N) is 1. The van der Waals surface area contributed by atoms with Crippen LogP contribution in [-0.4, -0.2) is 84.1 Å². The molecule has 2 saturated heterocycles. The summed E-state index contributed by atoms with van der Waals surface area (Å²) in [6.45, 7) is 3.57. The van der Waals surface area contributed by atoms with E-state index in [0.717, 1.165) is 0 Å². The fraction of sp³-hybridized carbons (Fsp3) is 0.714. The number of β-lactam (4-membered cyclic amide) rings is 1. The Morgan fingerprint density at radius 3 is 2.36 bits per heavy atom. The molecule has 0 aromatic rings. The molecule has 2 aliphatic heterocycles. The molecule has 0 saturated carbocycles. The summed E-state index contributed by atoms with van der Waals surface area (Å²) in [6.07, 6.45) is 0. The summed E-state index contributed by atoms with van der Waals surface area (Å²) in [6, 6.07) is -1.56. The van der Waals surface area contributed by atoms with Crippen LogP contribution in [0.15, 0.2) is 0 Å². The molecule has 0 aromatic heterocycles. The Morgan fingerprint density at radius 2 is 1.80 bits per heavy atom. The Bertz CT molecular complexity index is 585. The van der Waals surface area contributed by atoms with Crippen molar-refractivity contribution in [3.63, 3.8) is 0 Å². The molecular formula is C14H20N2O6S3. The predicted molar refractivity (Wildman–Crippen MR) is 97.9 cm³/mol. The summed E-state index contributed by atoms with van der Waals surface area (Å²) >= 11 is 4.05. The van der Waals surface area contributed by atoms with Crippen molar-refractivity contribution >= 4 is 59.0 Å². The Labute approximate surface area is 157 Å². The number of carboxylic acids is 2. The van der Waals surface area contributed by atoms with E-state index in [9.17, 15) is 24.3 Å². The highest BCUT2D eigenvalue weighted by Gasteiger charge is 2.64. The van der Waals surface area contributed by atoms with E-state index >= 15 is 0 Å². The van der Waals surface area contributed by atoms with Crippen molar-refractivity contribution in [2.45, 2.75) is 36.1 Å². The first-order chi connectivity index (χ1) is 11.6. The van der Waals surface area contributed by atoms with E-state index in [0.29, 0.717) is 11.5 Å². The summed E-state index contributed by atoms with van der Waals surface area (Å²) in [7, 11) is 0. The standard InChI is InChI=1S/C14H20N2O6S3/c1-14(2)10(13(21)22)16-11(20)9(12(16)25-14)15-7(17)5-23-3-4-24-6-8(18)19/h9-10,12H,3-6H2,1-2H3,(H,15,17)(H,18,19)(H,21,22)/t9-,10+,12-/m1/s1. The van der Waals surface area contributed by atoms with Crippen molar-refractivity contribution in [2.75, 3.05) is 23.0 Å². The summed E-state index contributed by atoms with van der Waals surface area (Å²) in [4.78, 5) is 47.3. The fourth-order valence-corrected chi connectivity index (χ4v) is 6.10. The molecule has 2 aliphatic rings. The molecule has 25 heavy (non-hydrogen) atoms. The second-order valence-corrected chi connectivity index (χ2v) is 10.1. The van der Waals surface area contributed by atoms with Crippen LogP contribution in [0.4, 0.5) is 0 Å². The third kappa shape index (κ3) is 4.56. The minimum Gasteiger partial charge on any atom is -0.481 e. The lowest BCUT2D eigenvalue weighted by Gasteiger charge is -2.43. The van der Waals surface area contributed by atoms with Gasteiger partial charge in [-0.15, -0.1) is 23.5 Å². The van der Waals surface area contributed by atoms with E-state index in [2.05, 4.69) is 5.32 Å². The van der Waals surface area contributed by atoms with Gasteiger partial charge in [0.25, 0.3) is 0 Å². The van der Waals surface area contributed by atoms with E-state index in [1.54, 1.807) is 13.8 Å². The number of hydrogen-bond acceptors (Lipinski definition) is 7. The maximum atomic E-state index is 12.2. The molecule has 0 unspecified atom stereocenters. The van der Waals surface area contributed by atoms with Crippen LogP contribution in [0.25, 0.3) is 0 Å². The van der Waals surface area contributed by atoms with Crippen LogP contribution in [0, 0.1) is 0 Å². The molecule has 0 spiro atoms. The predicted octanol–water partition coefficient (Wildman–Crippen LogP) is 0.169. The van der Waals surface area contributed by atoms with Gasteiger partial charge in [-0.1, -0.05) is 0 Å². The number of carbonyl (C=O) groups is 4. The van der Waals surface area contributed by atoms with Gasteiger partial charge in [-0.05, 0) is 13.8 Å². The first-order valence-electron chi connectivity index (χ1n) is 7.54. The summed E-state index contributed by atoms with van der Waals surface area (Å²) in [5.74, 6) is -1.03. The normalized spacial score (nSPS) is 26.7. The van der Waals surface area contributed by atoms with Gasteiger partial charge in [0.2, 0.25) is 11.8 Å². The van der Waals surface area contributed by atoms with Gasteiger partial charge in [0.15, 0.2) is 0 Å². The largest absolute Gasteiger partial charge is 0.481 e. The summed E-state index contributed by atoms with van der Waals surface area (Å²) in [5.41, 5.74) is 0. The molecule has 2 heterocycles. The van der Waals surface area contributed by atoms with Crippen molar-refractivity contribution in [1.29, 1.82) is 0 Å². The molecule has 140 valence electrons. The van der Waals surface area contributed by atoms with Gasteiger partial charge in [-0.25, -0.2) is 4.79 Å². The molecule has 3 atom stereocenters. The third-order valence-electron chi connectivity index (χ3n) is 3.82. The molecule has 3 N–H and O–H groups in total. The first-order valence-corrected chi connectivity index (χ1v) is 10.7. The van der Waals surface area contributed by atoms with Crippen molar-refractivity contribution in [1.82, 2.24) is 10.2 Å². The Balaban J connectivity index is 1.75. The summed E-state index contributed by atoms with van der Waals surface area (Å²) in [5, 5.41) is 20.2. The first kappa shape index (κ1) is 20.2. The van der Waals surface area contributed by atoms with Gasteiger partial charge in [-0.2, -0.15) is 11.8 Å². The quantitative estimate of drug-likeness (QED) is 0.362. The lowest BCUT2D eigenvalue weighted by Crippen LogP contribution is -2.70. The average molecular weight is 409 g/mol. The second-order valence-electron chi connectivity index (χ2n) is 6.14. The lowest BCUT2D eigenvalue weighted by molar-refractivity contribution is -0.160. The zero-order valence-electron chi connectivity index (χ0n) is 13.8. The average Bonchev–Trinajstić information content (AvgIpc) is 2.76. The zero-order valence-corrected chi connectivity index (χ0v) is 16.2. The van der Waals surface area contributed by atoms with E-state index in [1.807, 2.05) is 0 Å². The van der Waals surface area contributed by atoms with Crippen molar-refractivity contribution < 1.29 is 29.4 Å². The number of carboxylic acid groups (broad SMARTS) is 2. The van der Waals surface area contributed by atoms with Crippen LogP contribution in [-0.2, 0) is 19.2 Å². The molecule has 0 aliphatic carbocycles. The number of thioether (sulfide) groups is 3. The minimum atomic E-state index is -1.03. The maximum Gasteiger partial charge on any atom is 0.327 e. The summed E-state index contributed by atoms with van der Waals surface area (Å²) < 4.78 is -0.609. The van der Waals surface area contributed by atoms with Crippen LogP contribution in [0.5, 0.6) is 0 Å². The van der Waals surface area contributed by atoms with Gasteiger partial charge in [0, 0.05) is 16.3 Å². The Hall–Kier alpha value is -1.07. The van der Waals surface area contributed by atoms with E-state index < -0.39 is 28.8 Å². The SMILES string of the molecule is CC1(C)S[C@@H]2[C@H](NC(=O)CSCCSCC(=O)O)C(=O)N2[C@H]1C(=O)O. The number of amides is 2. The van der Waals surface area contributed by atoms with E-state index in [4.69, 9.17) is 5.11 Å². The lowest BCUT2D eigenvalue weighted by atomic mass is 9.96. The number of aliphatic carboxylic acids is 2. The number of carbonyl (C=O) groups excluding carboxylic acids is 2. The van der Waals surface area contributed by atoms with Crippen LogP contribution < -0.4 is 5.32 Å². The third-order valence-corrected chi connectivity index (χ3v) is 7.56. The molecule has 11 heteroatoms. The van der Waals surface area contributed by atoms with Crippen LogP contribution in [0.3, 0.4) is 0 Å². The van der Waals surface area contributed by atoms with Crippen LogP contribution in [0.1, 0.15) is 13.8 Å². The highest BCUT2D eigenvalue weighted by atomic mass is 32.2. The molecule has 0 bridgehead atoms. The maximum absolute atomic E-state index is 12.2. The molecular weight excluding hydrogens is 388 g/mol. The molecule has 0 aromatic carbocycles. The highest BCUT2D eigenvalue weighted by Crippen LogP contribution is 2.50. The van der Waals surface area contributed by atoms with Crippen LogP contribution >= 0.6 is 35.3 Å². The molecule has 2 fully saturated rings. The van der Waals surface area contributed by atoms with Crippen molar-refractivity contribution in [3.05, 3.63) is 0 Å². The number of rotatable bonds is 9. The smallest absolute Gasteiger partial charge is 0.327 e. The molecule has 0 radical (unpaired) electrons. The van der Waals surface area contributed by atoms with Gasteiger partial charge in [0.1, 0.15) is 17.5 Å². The minimum absolute atomic E-state index is 0.0403. The van der Waals surface area contributed by atoms with Gasteiger partial charge < -0.3 is 20.4 Å². The molecule has 2 rings (SSSR count). The van der Waals surface area contributed by atoms with Gasteiger partial charge in [-0.3, -0.25) is 14.4 Å². The fourth-order valence-electron chi connectivity index (χ4n) is 2.80. The highest BCUT2D eigenvalue weighted by molar-refractivity contribution is 8.03. The topological polar surface area (TPSA) is 124 Å². The van der Waals surface area contributed by atoms with Crippen molar-refractivity contribution in [3.8, 4) is 0 Å². The van der Waals surface area contributed by atoms with E-state index in [1.165, 1.54) is 40.2 Å². The number of fused-ring (bicyclic) bond motifs is 1. The Kier molecular flexibility index (Phi) is 6.55.